The van der Waals surface area contributed by atoms with E-state index in [2.05, 4.69) is 4.99 Å². The molecule has 158 valence electrons. The van der Waals surface area contributed by atoms with E-state index in [0.717, 1.165) is 11.3 Å². The van der Waals surface area contributed by atoms with Crippen molar-refractivity contribution in [1.29, 1.82) is 0 Å². The van der Waals surface area contributed by atoms with Gasteiger partial charge in [-0.25, -0.2) is 8.42 Å². The largest absolute Gasteiger partial charge is 0.465 e. The van der Waals surface area contributed by atoms with Crippen LogP contribution in [-0.2, 0) is 36.5 Å². The van der Waals surface area contributed by atoms with Crippen LogP contribution in [0.15, 0.2) is 53.5 Å². The molecule has 0 aliphatic heterocycles. The number of carbonyl (C=O) groups is 2. The first kappa shape index (κ1) is 22.2. The van der Waals surface area contributed by atoms with Gasteiger partial charge in [0.15, 0.2) is 14.6 Å². The lowest BCUT2D eigenvalue weighted by molar-refractivity contribution is -0.143. The van der Waals surface area contributed by atoms with Gasteiger partial charge in [0.05, 0.1) is 22.6 Å². The Hall–Kier alpha value is -2.49. The van der Waals surface area contributed by atoms with Crippen LogP contribution < -0.4 is 4.80 Å². The van der Waals surface area contributed by atoms with Crippen LogP contribution in [0.4, 0.5) is 0 Å². The Kier molecular flexibility index (Phi) is 7.06. The standard InChI is InChI=1S/C20H19ClN2O5S2/c1-2-28-19(25)11-23-16-9-8-15(21)10-17(16)29-20(23)22-18(24)13-30(26,27)12-14-6-4-3-5-7-14/h3-10H,2,11-13H2,1H3. The molecule has 0 N–H and O–H groups in total. The summed E-state index contributed by atoms with van der Waals surface area (Å²) >= 11 is 7.18. The number of halogens is 1. The number of esters is 1. The molecule has 0 unspecified atom stereocenters. The zero-order chi connectivity index (χ0) is 21.7. The number of thiazole rings is 1. The van der Waals surface area contributed by atoms with E-state index in [4.69, 9.17) is 16.3 Å². The van der Waals surface area contributed by atoms with E-state index >= 15 is 0 Å². The van der Waals surface area contributed by atoms with Crippen molar-refractivity contribution in [3.05, 3.63) is 63.9 Å². The van der Waals surface area contributed by atoms with Crippen LogP contribution in [0.2, 0.25) is 5.02 Å². The summed E-state index contributed by atoms with van der Waals surface area (Å²) in [5, 5.41) is 0.496. The third-order valence-corrected chi connectivity index (χ3v) is 6.77. The molecule has 2 aromatic carbocycles. The Morgan fingerprint density at radius 2 is 1.90 bits per heavy atom. The van der Waals surface area contributed by atoms with Crippen molar-refractivity contribution in [2.24, 2.45) is 4.99 Å². The molecule has 0 atom stereocenters. The molecule has 30 heavy (non-hydrogen) atoms. The highest BCUT2D eigenvalue weighted by Gasteiger charge is 2.18. The lowest BCUT2D eigenvalue weighted by Gasteiger charge is -2.05. The van der Waals surface area contributed by atoms with Gasteiger partial charge >= 0.3 is 5.97 Å². The van der Waals surface area contributed by atoms with Crippen molar-refractivity contribution in [1.82, 2.24) is 4.57 Å². The molecule has 0 bridgehead atoms. The predicted octanol–water partition coefficient (Wildman–Crippen LogP) is 2.96. The molecule has 1 aromatic heterocycles. The summed E-state index contributed by atoms with van der Waals surface area (Å²) in [5.74, 6) is -2.27. The van der Waals surface area contributed by atoms with Crippen LogP contribution in [0.1, 0.15) is 12.5 Å². The second-order valence-electron chi connectivity index (χ2n) is 6.41. The summed E-state index contributed by atoms with van der Waals surface area (Å²) in [6, 6.07) is 13.7. The molecule has 0 spiro atoms. The highest BCUT2D eigenvalue weighted by atomic mass is 35.5. The van der Waals surface area contributed by atoms with E-state index in [1.165, 1.54) is 4.57 Å². The van der Waals surface area contributed by atoms with E-state index in [0.29, 0.717) is 20.8 Å². The number of carbonyl (C=O) groups excluding carboxylic acids is 2. The van der Waals surface area contributed by atoms with Crippen LogP contribution in [-0.4, -0.2) is 37.2 Å². The fourth-order valence-corrected chi connectivity index (χ4v) is 5.39. The molecule has 3 aromatic rings. The van der Waals surface area contributed by atoms with Gasteiger partial charge in [0, 0.05) is 5.02 Å². The Balaban J connectivity index is 1.92. The van der Waals surface area contributed by atoms with Crippen LogP contribution in [0.25, 0.3) is 10.2 Å². The minimum atomic E-state index is -3.70. The fourth-order valence-electron chi connectivity index (χ4n) is 2.83. The number of rotatable bonds is 7. The second-order valence-corrected chi connectivity index (χ2v) is 9.92. The molecular formula is C20H19ClN2O5S2. The molecule has 10 heteroatoms. The second kappa shape index (κ2) is 9.55. The van der Waals surface area contributed by atoms with Gasteiger partial charge < -0.3 is 9.30 Å². The van der Waals surface area contributed by atoms with Gasteiger partial charge in [-0.3, -0.25) is 9.59 Å². The number of benzene rings is 2. The maximum absolute atomic E-state index is 12.4. The highest BCUT2D eigenvalue weighted by molar-refractivity contribution is 7.91. The number of ether oxygens (including phenoxy) is 1. The van der Waals surface area contributed by atoms with Crippen molar-refractivity contribution in [3.63, 3.8) is 0 Å². The maximum Gasteiger partial charge on any atom is 0.326 e. The summed E-state index contributed by atoms with van der Waals surface area (Å²) in [4.78, 5) is 28.6. The summed E-state index contributed by atoms with van der Waals surface area (Å²) < 4.78 is 32.0. The Morgan fingerprint density at radius 3 is 2.60 bits per heavy atom. The van der Waals surface area contributed by atoms with E-state index in [1.54, 1.807) is 55.5 Å². The zero-order valence-electron chi connectivity index (χ0n) is 16.1. The number of nitrogens with zero attached hydrogens (tertiary/aromatic N) is 2. The molecule has 0 fully saturated rings. The molecule has 0 saturated heterocycles. The Morgan fingerprint density at radius 1 is 1.17 bits per heavy atom. The number of fused-ring (bicyclic) bond motifs is 1. The van der Waals surface area contributed by atoms with Crippen molar-refractivity contribution in [2.45, 2.75) is 19.2 Å². The van der Waals surface area contributed by atoms with Gasteiger partial charge in [0.2, 0.25) is 0 Å². The quantitative estimate of drug-likeness (QED) is 0.499. The molecule has 0 radical (unpaired) electrons. The predicted molar refractivity (Wildman–Crippen MR) is 116 cm³/mol. The van der Waals surface area contributed by atoms with Gasteiger partial charge in [-0.2, -0.15) is 4.99 Å². The molecule has 0 aliphatic carbocycles. The number of amides is 1. The third-order valence-electron chi connectivity index (χ3n) is 4.03. The van der Waals surface area contributed by atoms with Gasteiger partial charge in [-0.1, -0.05) is 53.3 Å². The van der Waals surface area contributed by atoms with Gasteiger partial charge in [0.25, 0.3) is 5.91 Å². The topological polar surface area (TPSA) is 94.8 Å². The smallest absolute Gasteiger partial charge is 0.326 e. The minimum absolute atomic E-state index is 0.154. The average Bonchev–Trinajstić information content (AvgIpc) is 2.97. The number of hydrogen-bond acceptors (Lipinski definition) is 6. The Labute approximate surface area is 182 Å². The van der Waals surface area contributed by atoms with E-state index in [1.807, 2.05) is 0 Å². The molecule has 1 amide bonds. The average molecular weight is 467 g/mol. The molecule has 0 aliphatic rings. The first-order chi connectivity index (χ1) is 14.3. The van der Waals surface area contributed by atoms with E-state index in [9.17, 15) is 18.0 Å². The number of sulfone groups is 1. The third kappa shape index (κ3) is 5.78. The lowest BCUT2D eigenvalue weighted by Crippen LogP contribution is -2.25. The zero-order valence-corrected chi connectivity index (χ0v) is 18.5. The monoisotopic (exact) mass is 466 g/mol. The van der Waals surface area contributed by atoms with Gasteiger partial charge in [0.1, 0.15) is 12.3 Å². The summed E-state index contributed by atoms with van der Waals surface area (Å²) in [6.45, 7) is 1.76. The molecule has 1 heterocycles. The van der Waals surface area contributed by atoms with Crippen LogP contribution in [0.5, 0.6) is 0 Å². The summed E-state index contributed by atoms with van der Waals surface area (Å²) in [7, 11) is -3.70. The van der Waals surface area contributed by atoms with Crippen LogP contribution in [0, 0.1) is 0 Å². The normalized spacial score (nSPS) is 12.3. The first-order valence-corrected chi connectivity index (χ1v) is 12.1. The summed E-state index contributed by atoms with van der Waals surface area (Å²) in [5.41, 5.74) is 1.25. The number of aromatic nitrogens is 1. The SMILES string of the molecule is CCOC(=O)Cn1c(=NC(=O)CS(=O)(=O)Cc2ccccc2)sc2cc(Cl)ccc21. The molecule has 7 nitrogen and oxygen atoms in total. The van der Waals surface area contributed by atoms with Crippen molar-refractivity contribution < 1.29 is 22.7 Å². The molecule has 3 rings (SSSR count). The Bertz CT molecular complexity index is 1250. The van der Waals surface area contributed by atoms with Gasteiger partial charge in [-0.05, 0) is 30.7 Å². The number of hydrogen-bond donors (Lipinski definition) is 0. The van der Waals surface area contributed by atoms with Crippen LogP contribution >= 0.6 is 22.9 Å². The fraction of sp³-hybridized carbons (Fsp3) is 0.250. The van der Waals surface area contributed by atoms with Crippen molar-refractivity contribution in [3.8, 4) is 0 Å². The van der Waals surface area contributed by atoms with E-state index in [-0.39, 0.29) is 23.7 Å². The van der Waals surface area contributed by atoms with Crippen molar-refractivity contribution >= 4 is 54.9 Å². The summed E-state index contributed by atoms with van der Waals surface area (Å²) in [6.07, 6.45) is 0. The van der Waals surface area contributed by atoms with Crippen LogP contribution in [0.3, 0.4) is 0 Å². The van der Waals surface area contributed by atoms with Gasteiger partial charge in [-0.15, -0.1) is 0 Å². The molecule has 0 saturated carbocycles. The van der Waals surface area contributed by atoms with Crippen molar-refractivity contribution in [2.75, 3.05) is 12.4 Å². The highest BCUT2D eigenvalue weighted by Crippen LogP contribution is 2.22. The maximum atomic E-state index is 12.4. The molecular weight excluding hydrogens is 448 g/mol. The minimum Gasteiger partial charge on any atom is -0.465 e. The first-order valence-electron chi connectivity index (χ1n) is 9.04. The lowest BCUT2D eigenvalue weighted by atomic mass is 10.2. The van der Waals surface area contributed by atoms with E-state index < -0.39 is 27.5 Å².